The summed E-state index contributed by atoms with van der Waals surface area (Å²) in [7, 11) is 3.03. The molecule has 0 bridgehead atoms. The second kappa shape index (κ2) is 7.53. The summed E-state index contributed by atoms with van der Waals surface area (Å²) in [5.41, 5.74) is 1.15. The van der Waals surface area contributed by atoms with Gasteiger partial charge in [-0.05, 0) is 29.8 Å². The highest BCUT2D eigenvalue weighted by Gasteiger charge is 2.28. The Hall–Kier alpha value is -2.60. The van der Waals surface area contributed by atoms with Crippen LogP contribution in [0.4, 0.5) is 4.39 Å². The molecule has 5 nitrogen and oxygen atoms in total. The summed E-state index contributed by atoms with van der Waals surface area (Å²) < 4.78 is 29.8. The number of methoxy groups -OCH3 is 2. The fraction of sp³-hybridized carbons (Fsp3) is 0.316. The monoisotopic (exact) mass is 345 g/mol. The number of nitrogens with zero attached hydrogens (tertiary/aromatic N) is 1. The maximum absolute atomic E-state index is 13.5. The summed E-state index contributed by atoms with van der Waals surface area (Å²) in [5, 5.41) is 0. The number of benzene rings is 2. The van der Waals surface area contributed by atoms with Gasteiger partial charge in [0, 0.05) is 6.54 Å². The molecule has 0 aromatic heterocycles. The molecular weight excluding hydrogens is 325 g/mol. The van der Waals surface area contributed by atoms with Crippen LogP contribution in [0.2, 0.25) is 0 Å². The zero-order chi connectivity index (χ0) is 17.8. The zero-order valence-electron chi connectivity index (χ0n) is 14.2. The average molecular weight is 345 g/mol. The second-order valence-corrected chi connectivity index (χ2v) is 5.71. The lowest BCUT2D eigenvalue weighted by atomic mass is 10.1. The number of amides is 1. The average Bonchev–Trinajstić information content (AvgIpc) is 2.66. The van der Waals surface area contributed by atoms with E-state index in [0.29, 0.717) is 36.8 Å². The molecule has 2 aromatic rings. The summed E-state index contributed by atoms with van der Waals surface area (Å²) >= 11 is 0. The van der Waals surface area contributed by atoms with Crippen molar-refractivity contribution < 1.29 is 23.4 Å². The Morgan fingerprint density at radius 1 is 1.20 bits per heavy atom. The maximum Gasteiger partial charge on any atom is 0.257 e. The van der Waals surface area contributed by atoms with Gasteiger partial charge in [-0.25, -0.2) is 4.39 Å². The van der Waals surface area contributed by atoms with Crippen LogP contribution in [-0.4, -0.2) is 44.7 Å². The highest BCUT2D eigenvalue weighted by molar-refractivity contribution is 5.98. The van der Waals surface area contributed by atoms with Gasteiger partial charge in [0.25, 0.3) is 5.91 Å². The summed E-state index contributed by atoms with van der Waals surface area (Å²) in [4.78, 5) is 14.6. The second-order valence-electron chi connectivity index (χ2n) is 5.71. The van der Waals surface area contributed by atoms with Crippen LogP contribution < -0.4 is 9.47 Å². The van der Waals surface area contributed by atoms with Crippen molar-refractivity contribution in [3.8, 4) is 11.5 Å². The molecular formula is C19H20FNO4. The van der Waals surface area contributed by atoms with Gasteiger partial charge in [-0.3, -0.25) is 4.79 Å². The number of hydrogen-bond donors (Lipinski definition) is 0. The summed E-state index contributed by atoms with van der Waals surface area (Å²) in [5.74, 6) is 0.423. The molecule has 1 saturated heterocycles. The van der Waals surface area contributed by atoms with Crippen LogP contribution in [0.5, 0.6) is 11.5 Å². The van der Waals surface area contributed by atoms with Crippen molar-refractivity contribution in [3.05, 3.63) is 59.4 Å². The first kappa shape index (κ1) is 17.2. The van der Waals surface area contributed by atoms with Crippen molar-refractivity contribution >= 4 is 5.91 Å². The maximum atomic E-state index is 13.5. The molecule has 0 saturated carbocycles. The Labute approximate surface area is 145 Å². The van der Waals surface area contributed by atoms with Gasteiger partial charge in [0.1, 0.15) is 11.9 Å². The van der Waals surface area contributed by atoms with E-state index in [2.05, 4.69) is 0 Å². The summed E-state index contributed by atoms with van der Waals surface area (Å²) in [6.07, 6.45) is -0.356. The third-order valence-electron chi connectivity index (χ3n) is 4.21. The van der Waals surface area contributed by atoms with Gasteiger partial charge in [0.2, 0.25) is 0 Å². The Morgan fingerprint density at radius 3 is 2.72 bits per heavy atom. The lowest BCUT2D eigenvalue weighted by Crippen LogP contribution is -2.42. The lowest BCUT2D eigenvalue weighted by Gasteiger charge is -2.33. The van der Waals surface area contributed by atoms with Crippen molar-refractivity contribution in [2.45, 2.75) is 6.10 Å². The molecule has 1 aliphatic heterocycles. The Kier molecular flexibility index (Phi) is 5.19. The van der Waals surface area contributed by atoms with Gasteiger partial charge in [-0.15, -0.1) is 0 Å². The summed E-state index contributed by atoms with van der Waals surface area (Å²) in [6.45, 7) is 1.20. The van der Waals surface area contributed by atoms with Crippen molar-refractivity contribution in [3.63, 3.8) is 0 Å². The molecule has 0 aliphatic carbocycles. The van der Waals surface area contributed by atoms with Crippen LogP contribution in [0.15, 0.2) is 42.5 Å². The number of ether oxygens (including phenoxy) is 3. The first-order valence-electron chi connectivity index (χ1n) is 8.01. The topological polar surface area (TPSA) is 48.0 Å². The van der Waals surface area contributed by atoms with E-state index in [-0.39, 0.29) is 17.8 Å². The molecule has 1 fully saturated rings. The van der Waals surface area contributed by atoms with Crippen LogP contribution >= 0.6 is 0 Å². The number of carbonyl (C=O) groups is 1. The molecule has 0 unspecified atom stereocenters. The van der Waals surface area contributed by atoms with E-state index < -0.39 is 0 Å². The van der Waals surface area contributed by atoms with Gasteiger partial charge in [-0.2, -0.15) is 0 Å². The van der Waals surface area contributed by atoms with E-state index in [9.17, 15) is 9.18 Å². The van der Waals surface area contributed by atoms with E-state index >= 15 is 0 Å². The fourth-order valence-corrected chi connectivity index (χ4v) is 2.97. The third-order valence-corrected chi connectivity index (χ3v) is 4.21. The normalized spacial score (nSPS) is 17.2. The number of halogens is 1. The van der Waals surface area contributed by atoms with Crippen molar-refractivity contribution in [1.82, 2.24) is 4.90 Å². The van der Waals surface area contributed by atoms with Crippen LogP contribution in [0.1, 0.15) is 22.0 Å². The van der Waals surface area contributed by atoms with Gasteiger partial charge >= 0.3 is 0 Å². The van der Waals surface area contributed by atoms with Gasteiger partial charge < -0.3 is 19.1 Å². The highest BCUT2D eigenvalue weighted by atomic mass is 19.1. The largest absolute Gasteiger partial charge is 0.493 e. The molecule has 1 heterocycles. The minimum Gasteiger partial charge on any atom is -0.493 e. The minimum atomic E-state index is -0.356. The van der Waals surface area contributed by atoms with Crippen molar-refractivity contribution in [2.75, 3.05) is 33.9 Å². The third kappa shape index (κ3) is 3.58. The van der Waals surface area contributed by atoms with E-state index in [0.717, 1.165) is 5.56 Å². The fourth-order valence-electron chi connectivity index (χ4n) is 2.97. The predicted octanol–water partition coefficient (Wildman–Crippen LogP) is 3.06. The Bertz CT molecular complexity index is 765. The molecule has 0 radical (unpaired) electrons. The zero-order valence-corrected chi connectivity index (χ0v) is 14.2. The summed E-state index contributed by atoms with van der Waals surface area (Å²) in [6, 6.07) is 11.5. The predicted molar refractivity (Wildman–Crippen MR) is 90.5 cm³/mol. The number of para-hydroxylation sites is 1. The molecule has 0 spiro atoms. The molecule has 25 heavy (non-hydrogen) atoms. The molecule has 1 aliphatic rings. The highest BCUT2D eigenvalue weighted by Crippen LogP contribution is 2.32. The molecule has 0 N–H and O–H groups in total. The Morgan fingerprint density at radius 2 is 2.00 bits per heavy atom. The van der Waals surface area contributed by atoms with Gasteiger partial charge in [-0.1, -0.05) is 18.2 Å². The first-order valence-corrected chi connectivity index (χ1v) is 8.01. The van der Waals surface area contributed by atoms with E-state index in [4.69, 9.17) is 14.2 Å². The molecule has 3 rings (SSSR count). The quantitative estimate of drug-likeness (QED) is 0.855. The molecule has 1 amide bonds. The minimum absolute atomic E-state index is 0.166. The standard InChI is InChI=1S/C19H20FNO4/c1-23-16-8-4-7-15(18(16)24-2)19(22)21-9-10-25-17(12-21)13-5-3-6-14(20)11-13/h3-8,11,17H,9-10,12H2,1-2H3/t17-/m0/s1. The lowest BCUT2D eigenvalue weighted by molar-refractivity contribution is -0.0230. The van der Waals surface area contributed by atoms with E-state index in [1.807, 2.05) is 0 Å². The van der Waals surface area contributed by atoms with Crippen LogP contribution in [0.3, 0.4) is 0 Å². The van der Waals surface area contributed by atoms with Crippen LogP contribution in [0, 0.1) is 5.82 Å². The van der Waals surface area contributed by atoms with Crippen molar-refractivity contribution in [2.24, 2.45) is 0 Å². The molecule has 1 atom stereocenters. The molecule has 132 valence electrons. The van der Waals surface area contributed by atoms with Crippen LogP contribution in [0.25, 0.3) is 0 Å². The Balaban J connectivity index is 1.83. The van der Waals surface area contributed by atoms with Crippen LogP contribution in [-0.2, 0) is 4.74 Å². The van der Waals surface area contributed by atoms with Gasteiger partial charge in [0.15, 0.2) is 11.5 Å². The molecule has 6 heteroatoms. The molecule has 2 aromatic carbocycles. The first-order chi connectivity index (χ1) is 12.1. The number of morpholine rings is 1. The number of hydrogen-bond acceptors (Lipinski definition) is 4. The SMILES string of the molecule is COc1cccc(C(=O)N2CCO[C@H](c3cccc(F)c3)C2)c1OC. The smallest absolute Gasteiger partial charge is 0.257 e. The van der Waals surface area contributed by atoms with E-state index in [1.165, 1.54) is 26.4 Å². The number of carbonyl (C=O) groups excluding carboxylic acids is 1. The van der Waals surface area contributed by atoms with Crippen molar-refractivity contribution in [1.29, 1.82) is 0 Å². The number of rotatable bonds is 4. The van der Waals surface area contributed by atoms with E-state index in [1.54, 1.807) is 35.2 Å². The van der Waals surface area contributed by atoms with Gasteiger partial charge in [0.05, 0.1) is 32.9 Å².